The summed E-state index contributed by atoms with van der Waals surface area (Å²) in [5.74, 6) is -0.484. The Bertz CT molecular complexity index is 1740. The molecule has 0 saturated carbocycles. The summed E-state index contributed by atoms with van der Waals surface area (Å²) in [6, 6.07) is 16.5. The Morgan fingerprint density at radius 2 is 1.88 bits per heavy atom. The largest absolute Gasteiger partial charge is 0.384 e. The number of allylic oxidation sites excluding steroid dienone is 3. The van der Waals surface area contributed by atoms with E-state index >= 15 is 4.39 Å². The fourth-order valence-electron chi connectivity index (χ4n) is 5.91. The second-order valence-electron chi connectivity index (χ2n) is 11.6. The second-order valence-corrected chi connectivity index (χ2v) is 14.4. The number of carbonyl (C=O) groups is 1. The van der Waals surface area contributed by atoms with Crippen LogP contribution in [0.4, 0.5) is 10.1 Å². The molecule has 9 heteroatoms. The fourth-order valence-corrected chi connectivity index (χ4v) is 7.79. The minimum absolute atomic E-state index is 0.0587. The van der Waals surface area contributed by atoms with Gasteiger partial charge in [-0.25, -0.2) is 4.39 Å². The maximum absolute atomic E-state index is 15.4. The summed E-state index contributed by atoms with van der Waals surface area (Å²) in [7, 11) is 0. The minimum atomic E-state index is -0.665. The number of hydrogen-bond donors (Lipinski definition) is 1. The molecule has 1 aliphatic carbocycles. The van der Waals surface area contributed by atoms with E-state index in [9.17, 15) is 10.1 Å². The van der Waals surface area contributed by atoms with E-state index in [-0.39, 0.29) is 28.3 Å². The lowest BCUT2D eigenvalue weighted by molar-refractivity contribution is -0.118. The molecule has 2 aliphatic rings. The molecule has 0 saturated heterocycles. The topological polar surface area (TPSA) is 70.1 Å². The third-order valence-electron chi connectivity index (χ3n) is 7.82. The van der Waals surface area contributed by atoms with Crippen LogP contribution >= 0.6 is 50.9 Å². The molecule has 1 heterocycles. The number of nitriles is 1. The van der Waals surface area contributed by atoms with Crippen molar-refractivity contribution in [1.29, 1.82) is 5.26 Å². The molecule has 1 unspecified atom stereocenters. The van der Waals surface area contributed by atoms with Crippen LogP contribution in [0.15, 0.2) is 80.6 Å². The van der Waals surface area contributed by atoms with Crippen LogP contribution in [0.1, 0.15) is 54.9 Å². The molecular weight excluding hydrogens is 656 g/mol. The molecule has 3 aromatic carbocycles. The van der Waals surface area contributed by atoms with E-state index in [1.165, 1.54) is 6.07 Å². The summed E-state index contributed by atoms with van der Waals surface area (Å²) in [6.45, 7) is 8.05. The zero-order valence-corrected chi connectivity index (χ0v) is 27.5. The third kappa shape index (κ3) is 5.75. The summed E-state index contributed by atoms with van der Waals surface area (Å²) < 4.78 is 16.0. The Balaban J connectivity index is 1.68. The fraction of sp³-hybridized carbons (Fsp3) is 0.273. The van der Waals surface area contributed by atoms with Crippen molar-refractivity contribution in [3.8, 4) is 6.07 Å². The number of hydrogen-bond acceptors (Lipinski definition) is 5. The average molecular weight is 685 g/mol. The van der Waals surface area contributed by atoms with Crippen molar-refractivity contribution >= 4 is 62.4 Å². The third-order valence-corrected chi connectivity index (χ3v) is 10.1. The summed E-state index contributed by atoms with van der Waals surface area (Å²) in [4.78, 5) is 16.4. The van der Waals surface area contributed by atoms with Gasteiger partial charge in [-0.3, -0.25) is 9.69 Å². The van der Waals surface area contributed by atoms with Crippen LogP contribution in [0.2, 0.25) is 10.0 Å². The number of rotatable bonds is 5. The number of Topliss-reactive ketones (excluding diaryl/α,β-unsaturated/α-hetero) is 1. The quantitative estimate of drug-likeness (QED) is 0.271. The first-order valence-corrected chi connectivity index (χ1v) is 15.9. The second kappa shape index (κ2) is 11.7. The lowest BCUT2D eigenvalue weighted by atomic mass is 9.68. The molecule has 0 aromatic heterocycles. The Labute approximate surface area is 268 Å². The van der Waals surface area contributed by atoms with Crippen LogP contribution < -0.4 is 10.6 Å². The number of nitrogens with zero attached hydrogens (tertiary/aromatic N) is 2. The number of aryl methyl sites for hydroxylation is 1. The van der Waals surface area contributed by atoms with Gasteiger partial charge in [0.15, 0.2) is 5.78 Å². The van der Waals surface area contributed by atoms with Gasteiger partial charge in [-0.05, 0) is 78.8 Å². The molecule has 216 valence electrons. The number of anilines is 1. The standard InChI is InChI=1S/C33H29BrCl2FN3OS/c1-17-9-19(16-42-29-12-21(35)6-7-24(29)36)18(2)22(10-17)30-23(15-38)32(39)40(26-8-5-20(34)11-25(26)37)27-13-33(3,4)14-28(41)31(27)30/h5-12,30H,13-14,16,39H2,1-4H3. The van der Waals surface area contributed by atoms with Gasteiger partial charge in [-0.15, -0.1) is 11.8 Å². The average Bonchev–Trinajstić information content (AvgIpc) is 2.90. The van der Waals surface area contributed by atoms with Crippen LogP contribution in [-0.2, 0) is 10.5 Å². The molecule has 1 aliphatic heterocycles. The van der Waals surface area contributed by atoms with Crippen molar-refractivity contribution in [2.45, 2.75) is 57.1 Å². The van der Waals surface area contributed by atoms with Gasteiger partial charge in [0.05, 0.1) is 28.3 Å². The molecule has 42 heavy (non-hydrogen) atoms. The Hall–Kier alpha value is -2.76. The first-order chi connectivity index (χ1) is 19.8. The number of halogens is 4. The highest BCUT2D eigenvalue weighted by Crippen LogP contribution is 2.51. The van der Waals surface area contributed by atoms with Gasteiger partial charge in [0.25, 0.3) is 0 Å². The molecule has 0 spiro atoms. The van der Waals surface area contributed by atoms with Gasteiger partial charge < -0.3 is 5.73 Å². The predicted octanol–water partition coefficient (Wildman–Crippen LogP) is 9.75. The van der Waals surface area contributed by atoms with Crippen molar-refractivity contribution in [2.24, 2.45) is 11.1 Å². The predicted molar refractivity (Wildman–Crippen MR) is 173 cm³/mol. The van der Waals surface area contributed by atoms with Gasteiger partial charge in [0.2, 0.25) is 0 Å². The zero-order chi connectivity index (χ0) is 30.5. The Morgan fingerprint density at radius 3 is 2.57 bits per heavy atom. The maximum atomic E-state index is 15.4. The lowest BCUT2D eigenvalue weighted by Gasteiger charge is -2.44. The molecule has 0 bridgehead atoms. The van der Waals surface area contributed by atoms with E-state index < -0.39 is 11.7 Å². The summed E-state index contributed by atoms with van der Waals surface area (Å²) >= 11 is 17.5. The normalized spacial score (nSPS) is 18.3. The number of carbonyl (C=O) groups excluding carboxylic acids is 1. The Kier molecular flexibility index (Phi) is 8.57. The lowest BCUT2D eigenvalue weighted by Crippen LogP contribution is -2.42. The highest BCUT2D eigenvalue weighted by molar-refractivity contribution is 9.10. The monoisotopic (exact) mass is 683 g/mol. The van der Waals surface area contributed by atoms with Gasteiger partial charge in [0, 0.05) is 37.8 Å². The van der Waals surface area contributed by atoms with Crippen LogP contribution in [-0.4, -0.2) is 5.78 Å². The Morgan fingerprint density at radius 1 is 1.14 bits per heavy atom. The summed E-state index contributed by atoms with van der Waals surface area (Å²) in [5, 5.41) is 11.7. The van der Waals surface area contributed by atoms with Crippen LogP contribution in [0.3, 0.4) is 0 Å². The molecule has 3 aromatic rings. The van der Waals surface area contributed by atoms with E-state index in [0.29, 0.717) is 44.4 Å². The van der Waals surface area contributed by atoms with Gasteiger partial charge in [0.1, 0.15) is 11.6 Å². The summed E-state index contributed by atoms with van der Waals surface area (Å²) in [5.41, 5.74) is 11.8. The molecule has 0 radical (unpaired) electrons. The van der Waals surface area contributed by atoms with E-state index in [0.717, 1.165) is 27.1 Å². The SMILES string of the molecule is Cc1cc(CSc2cc(Cl)ccc2Cl)c(C)c(C2C(C#N)=C(N)N(c3ccc(Br)cc3F)C3=C2C(=O)CC(C)(C)C3)c1. The minimum Gasteiger partial charge on any atom is -0.384 e. The number of ketones is 1. The number of nitrogens with two attached hydrogens (primary N) is 1. The molecular formula is C33H29BrCl2FN3OS. The highest BCUT2D eigenvalue weighted by atomic mass is 79.9. The van der Waals surface area contributed by atoms with Crippen LogP contribution in [0.25, 0.3) is 0 Å². The summed E-state index contributed by atoms with van der Waals surface area (Å²) in [6.07, 6.45) is 0.818. The maximum Gasteiger partial charge on any atom is 0.162 e. The first kappa shape index (κ1) is 30.7. The smallest absolute Gasteiger partial charge is 0.162 e. The number of benzene rings is 3. The highest BCUT2D eigenvalue weighted by Gasteiger charge is 2.45. The van der Waals surface area contributed by atoms with Crippen molar-refractivity contribution in [1.82, 2.24) is 0 Å². The van der Waals surface area contributed by atoms with Crippen molar-refractivity contribution < 1.29 is 9.18 Å². The van der Waals surface area contributed by atoms with Crippen molar-refractivity contribution in [2.75, 3.05) is 4.90 Å². The molecule has 0 fully saturated rings. The molecule has 1 atom stereocenters. The zero-order valence-electron chi connectivity index (χ0n) is 23.6. The van der Waals surface area contributed by atoms with Gasteiger partial charge in [-0.1, -0.05) is 70.7 Å². The number of thioether (sulfide) groups is 1. The molecule has 0 amide bonds. The van der Waals surface area contributed by atoms with Gasteiger partial charge >= 0.3 is 0 Å². The van der Waals surface area contributed by atoms with Crippen LogP contribution in [0.5, 0.6) is 0 Å². The molecule has 2 N–H and O–H groups in total. The van der Waals surface area contributed by atoms with E-state index in [2.05, 4.69) is 28.1 Å². The van der Waals surface area contributed by atoms with Gasteiger partial charge in [-0.2, -0.15) is 5.26 Å². The van der Waals surface area contributed by atoms with E-state index in [1.54, 1.807) is 40.9 Å². The van der Waals surface area contributed by atoms with E-state index in [4.69, 9.17) is 28.9 Å². The molecule has 5 rings (SSSR count). The van der Waals surface area contributed by atoms with Crippen molar-refractivity contribution in [3.63, 3.8) is 0 Å². The van der Waals surface area contributed by atoms with E-state index in [1.807, 2.05) is 39.8 Å². The van der Waals surface area contributed by atoms with Crippen molar-refractivity contribution in [3.05, 3.63) is 114 Å². The molecule has 4 nitrogen and oxygen atoms in total. The first-order valence-electron chi connectivity index (χ1n) is 13.4. The van der Waals surface area contributed by atoms with Crippen LogP contribution in [0, 0.1) is 36.4 Å².